The fourth-order valence-electron chi connectivity index (χ4n) is 3.35. The SMILES string of the molecule is CC#CC1(F)[C@@H](O)[C@@H]([C@@H](C)OP(=O)(O)OP(=O)(O)OP(=O)(O)O)O[C@H]1n1cnc2c(=O)[nH]c(N)nc21. The van der Waals surface area contributed by atoms with Gasteiger partial charge in [0.15, 0.2) is 17.4 Å². The Morgan fingerprint density at radius 1 is 1.28 bits per heavy atom. The Morgan fingerprint density at radius 2 is 1.92 bits per heavy atom. The Labute approximate surface area is 199 Å². The molecule has 0 aliphatic carbocycles. The van der Waals surface area contributed by atoms with Gasteiger partial charge in [0, 0.05) is 0 Å². The summed E-state index contributed by atoms with van der Waals surface area (Å²) in [6.45, 7) is 2.21. The number of aromatic nitrogens is 4. The highest BCUT2D eigenvalue weighted by atomic mass is 31.3. The van der Waals surface area contributed by atoms with E-state index in [4.69, 9.17) is 20.3 Å². The van der Waals surface area contributed by atoms with Crippen LogP contribution >= 0.6 is 23.5 Å². The minimum Gasteiger partial charge on any atom is -0.386 e. The molecule has 3 unspecified atom stereocenters. The monoisotopic (exact) mass is 577 g/mol. The number of nitrogens with two attached hydrogens (primary N) is 1. The van der Waals surface area contributed by atoms with Gasteiger partial charge in [0.05, 0.1) is 12.4 Å². The highest BCUT2D eigenvalue weighted by molar-refractivity contribution is 7.66. The molecule has 7 atom stereocenters. The van der Waals surface area contributed by atoms with Crippen molar-refractivity contribution in [3.8, 4) is 11.8 Å². The molecule has 2 aromatic rings. The van der Waals surface area contributed by atoms with Crippen molar-refractivity contribution in [3.63, 3.8) is 0 Å². The number of anilines is 1. The van der Waals surface area contributed by atoms with E-state index in [1.807, 2.05) is 0 Å². The molecule has 0 aromatic carbocycles. The van der Waals surface area contributed by atoms with Crippen molar-refractivity contribution in [3.05, 3.63) is 16.7 Å². The van der Waals surface area contributed by atoms with Crippen LogP contribution in [-0.2, 0) is 31.6 Å². The number of ether oxygens (including phenoxy) is 1. The second kappa shape index (κ2) is 9.69. The number of hydrogen-bond donors (Lipinski definition) is 7. The number of aliphatic hydroxyl groups is 1. The Morgan fingerprint density at radius 3 is 2.50 bits per heavy atom. The molecule has 1 aliphatic rings. The van der Waals surface area contributed by atoms with Crippen LogP contribution in [0.15, 0.2) is 11.1 Å². The van der Waals surface area contributed by atoms with Gasteiger partial charge in [-0.15, -0.1) is 5.92 Å². The zero-order valence-corrected chi connectivity index (χ0v) is 20.7. The van der Waals surface area contributed by atoms with Gasteiger partial charge in [-0.1, -0.05) is 5.92 Å². The second-order valence-electron chi connectivity index (χ2n) is 7.22. The Bertz CT molecular complexity index is 1430. The molecule has 0 amide bonds. The number of rotatable bonds is 8. The first-order valence-electron chi connectivity index (χ1n) is 9.40. The quantitative estimate of drug-likeness (QED) is 0.153. The van der Waals surface area contributed by atoms with Gasteiger partial charge in [0.1, 0.15) is 12.2 Å². The molecule has 8 N–H and O–H groups in total. The minimum absolute atomic E-state index is 0.255. The van der Waals surface area contributed by atoms with Crippen LogP contribution in [0.3, 0.4) is 0 Å². The molecule has 1 fully saturated rings. The van der Waals surface area contributed by atoms with Crippen molar-refractivity contribution in [2.45, 2.75) is 44.1 Å². The van der Waals surface area contributed by atoms with E-state index in [-0.39, 0.29) is 17.1 Å². The van der Waals surface area contributed by atoms with Crippen molar-refractivity contribution in [2.75, 3.05) is 5.73 Å². The maximum atomic E-state index is 16.0. The predicted molar refractivity (Wildman–Crippen MR) is 114 cm³/mol. The Balaban J connectivity index is 1.92. The van der Waals surface area contributed by atoms with Gasteiger partial charge in [0.25, 0.3) is 5.56 Å². The number of phosphoric ester groups is 1. The summed E-state index contributed by atoms with van der Waals surface area (Å²) in [4.78, 5) is 58.1. The molecule has 1 aliphatic heterocycles. The van der Waals surface area contributed by atoms with E-state index in [1.165, 1.54) is 6.92 Å². The normalized spacial score (nSPS) is 28.7. The van der Waals surface area contributed by atoms with E-state index in [2.05, 4.69) is 39.9 Å². The number of aromatic amines is 1. The lowest BCUT2D eigenvalue weighted by molar-refractivity contribution is -0.0754. The molecule has 3 heterocycles. The van der Waals surface area contributed by atoms with Gasteiger partial charge in [-0.3, -0.25) is 18.9 Å². The first-order valence-corrected chi connectivity index (χ1v) is 13.9. The summed E-state index contributed by atoms with van der Waals surface area (Å²) in [5.41, 5.74) is 1.29. The summed E-state index contributed by atoms with van der Waals surface area (Å²) in [6, 6.07) is 0. The number of nitrogen functional groups attached to an aromatic ring is 1. The van der Waals surface area contributed by atoms with E-state index in [0.29, 0.717) is 0 Å². The van der Waals surface area contributed by atoms with Crippen LogP contribution in [-0.4, -0.2) is 68.2 Å². The number of H-pyrrole nitrogens is 1. The van der Waals surface area contributed by atoms with E-state index in [9.17, 15) is 33.4 Å². The largest absolute Gasteiger partial charge is 0.490 e. The molecule has 36 heavy (non-hydrogen) atoms. The van der Waals surface area contributed by atoms with Crippen molar-refractivity contribution in [2.24, 2.45) is 0 Å². The zero-order valence-electron chi connectivity index (χ0n) is 18.0. The highest BCUT2D eigenvalue weighted by Gasteiger charge is 2.60. The predicted octanol–water partition coefficient (Wildman–Crippen LogP) is -0.577. The van der Waals surface area contributed by atoms with Crippen LogP contribution in [0.5, 0.6) is 0 Å². The topological polar surface area (TPSA) is 279 Å². The number of fused-ring (bicyclic) bond motifs is 1. The second-order valence-corrected chi connectivity index (χ2v) is 11.6. The Hall–Kier alpha value is -2.03. The van der Waals surface area contributed by atoms with Gasteiger partial charge >= 0.3 is 23.5 Å². The van der Waals surface area contributed by atoms with E-state index < -0.39 is 59.2 Å². The summed E-state index contributed by atoms with van der Waals surface area (Å²) in [7, 11) is -17.1. The van der Waals surface area contributed by atoms with Gasteiger partial charge in [0.2, 0.25) is 11.6 Å². The van der Waals surface area contributed by atoms with Crippen LogP contribution in [0.2, 0.25) is 0 Å². The number of nitrogens with one attached hydrogen (secondary N) is 1. The standard InChI is InChI=1S/C14H19FN5O13P3/c1-3-4-14(15)9(21)8(6(2)31-35(26,27)33-36(28,29)32-34(23,24)25)30-12(14)20-5-17-7-10(20)18-13(16)19-11(7)22/h5-6,8-9,12,21H,1-2H3,(H,26,27)(H,28,29)(H2,23,24,25)(H3,16,18,19,22)/t6-,8-,9+,12-,14?/m1/s1. The van der Waals surface area contributed by atoms with Crippen molar-refractivity contribution in [1.82, 2.24) is 19.5 Å². The molecule has 0 radical (unpaired) electrons. The van der Waals surface area contributed by atoms with E-state index in [1.54, 1.807) is 0 Å². The maximum absolute atomic E-state index is 16.0. The molecule has 2 aromatic heterocycles. The molecule has 22 heteroatoms. The Kier molecular flexibility index (Phi) is 7.68. The van der Waals surface area contributed by atoms with Crippen LogP contribution in [0, 0.1) is 11.8 Å². The summed E-state index contributed by atoms with van der Waals surface area (Å²) in [5, 5.41) is 10.7. The summed E-state index contributed by atoms with van der Waals surface area (Å²) >= 11 is 0. The number of imidazole rings is 1. The third-order valence-corrected chi connectivity index (χ3v) is 8.51. The van der Waals surface area contributed by atoms with Gasteiger partial charge in [-0.05, 0) is 13.8 Å². The number of alkyl halides is 1. The van der Waals surface area contributed by atoms with Gasteiger partial charge < -0.3 is 35.2 Å². The van der Waals surface area contributed by atoms with Crippen molar-refractivity contribution < 1.29 is 60.6 Å². The maximum Gasteiger partial charge on any atom is 0.490 e. The van der Waals surface area contributed by atoms with E-state index >= 15 is 4.39 Å². The number of halogens is 1. The van der Waals surface area contributed by atoms with Crippen LogP contribution < -0.4 is 11.3 Å². The number of nitrogens with zero attached hydrogens (tertiary/aromatic N) is 3. The lowest BCUT2D eigenvalue weighted by Gasteiger charge is -2.25. The van der Waals surface area contributed by atoms with Gasteiger partial charge in [-0.2, -0.15) is 13.6 Å². The summed E-state index contributed by atoms with van der Waals surface area (Å²) in [5.74, 6) is 4.03. The smallest absolute Gasteiger partial charge is 0.386 e. The first-order chi connectivity index (χ1) is 16.4. The molecular weight excluding hydrogens is 558 g/mol. The highest BCUT2D eigenvalue weighted by Crippen LogP contribution is 2.66. The third-order valence-electron chi connectivity index (χ3n) is 4.58. The minimum atomic E-state index is -5.83. The average Bonchev–Trinajstić information content (AvgIpc) is 3.18. The first kappa shape index (κ1) is 28.5. The van der Waals surface area contributed by atoms with Crippen LogP contribution in [0.4, 0.5) is 10.3 Å². The molecule has 1 saturated heterocycles. The van der Waals surface area contributed by atoms with Crippen LogP contribution in [0.25, 0.3) is 11.2 Å². The molecule has 18 nitrogen and oxygen atoms in total. The van der Waals surface area contributed by atoms with Gasteiger partial charge in [-0.25, -0.2) is 23.1 Å². The van der Waals surface area contributed by atoms with Crippen molar-refractivity contribution >= 4 is 40.6 Å². The number of hydrogen-bond acceptors (Lipinski definition) is 12. The molecule has 0 spiro atoms. The summed E-state index contributed by atoms with van der Waals surface area (Å²) in [6.07, 6.45) is -6.72. The lowest BCUT2D eigenvalue weighted by atomic mass is 9.94. The molecule has 0 bridgehead atoms. The summed E-state index contributed by atoms with van der Waals surface area (Å²) < 4.78 is 68.7. The fourth-order valence-corrected chi connectivity index (χ4v) is 6.55. The molecule has 200 valence electrons. The molecule has 3 rings (SSSR count). The van der Waals surface area contributed by atoms with E-state index in [0.717, 1.165) is 17.8 Å². The number of phosphoric acid groups is 3. The number of aliphatic hydroxyl groups excluding tert-OH is 1. The van der Waals surface area contributed by atoms with Crippen molar-refractivity contribution in [1.29, 1.82) is 0 Å². The molecule has 0 saturated carbocycles. The average molecular weight is 577 g/mol. The van der Waals surface area contributed by atoms with Crippen LogP contribution in [0.1, 0.15) is 20.1 Å². The lowest BCUT2D eigenvalue weighted by Crippen LogP contribution is -2.44. The zero-order chi connectivity index (χ0) is 27.3. The third kappa shape index (κ3) is 5.92. The fraction of sp³-hybridized carbons (Fsp3) is 0.500. The molecular formula is C14H19FN5O13P3.